The van der Waals surface area contributed by atoms with Crippen molar-refractivity contribution in [2.75, 3.05) is 25.1 Å². The minimum atomic E-state index is -3.29. The molecule has 0 bridgehead atoms. The number of sulfonamides is 1. The largest absolute Gasteiger partial charge is 0.352 e. The third-order valence-corrected chi connectivity index (χ3v) is 4.45. The number of aliphatic imine (C=N–C) groups is 1. The third-order valence-electron chi connectivity index (χ3n) is 3.59. The van der Waals surface area contributed by atoms with Crippen molar-refractivity contribution in [1.29, 1.82) is 0 Å². The summed E-state index contributed by atoms with van der Waals surface area (Å²) in [5.74, 6) is 0.737. The first-order valence-corrected chi connectivity index (χ1v) is 10.3. The summed E-state index contributed by atoms with van der Waals surface area (Å²) >= 11 is 5.92. The van der Waals surface area contributed by atoms with Crippen LogP contribution in [-0.2, 0) is 23.1 Å². The second-order valence-corrected chi connectivity index (χ2v) is 8.14. The second kappa shape index (κ2) is 8.91. The predicted octanol–water partition coefficient (Wildman–Crippen LogP) is 2.92. The van der Waals surface area contributed by atoms with E-state index in [0.717, 1.165) is 23.3 Å². The Bertz CT molecular complexity index is 867. The molecule has 0 aliphatic carbocycles. The van der Waals surface area contributed by atoms with Crippen LogP contribution in [0.4, 0.5) is 5.69 Å². The van der Waals surface area contributed by atoms with Gasteiger partial charge in [-0.1, -0.05) is 35.9 Å². The molecule has 0 amide bonds. The normalized spacial score (nSPS) is 11.9. The maximum absolute atomic E-state index is 11.3. The Kier molecular flexibility index (Phi) is 6.88. The molecule has 2 N–H and O–H groups in total. The lowest BCUT2D eigenvalue weighted by Crippen LogP contribution is -2.38. The molecule has 0 saturated carbocycles. The van der Waals surface area contributed by atoms with Crippen LogP contribution in [0.3, 0.4) is 0 Å². The van der Waals surface area contributed by atoms with Gasteiger partial charge in [0.25, 0.3) is 0 Å². The van der Waals surface area contributed by atoms with Crippen LogP contribution in [0.25, 0.3) is 0 Å². The number of benzene rings is 2. The summed E-state index contributed by atoms with van der Waals surface area (Å²) in [6.07, 6.45) is 1.13. The van der Waals surface area contributed by atoms with Gasteiger partial charge in [0.05, 0.1) is 6.26 Å². The first-order chi connectivity index (χ1) is 12.3. The number of halogens is 1. The molecule has 0 aliphatic heterocycles. The van der Waals surface area contributed by atoms with E-state index in [1.54, 1.807) is 19.2 Å². The van der Waals surface area contributed by atoms with E-state index in [2.05, 4.69) is 15.0 Å². The lowest BCUT2D eigenvalue weighted by Gasteiger charge is -2.22. The van der Waals surface area contributed by atoms with Crippen LogP contribution in [0, 0.1) is 0 Å². The summed E-state index contributed by atoms with van der Waals surface area (Å²) in [6.45, 7) is 1.21. The Morgan fingerprint density at radius 3 is 2.46 bits per heavy atom. The minimum Gasteiger partial charge on any atom is -0.352 e. The zero-order valence-corrected chi connectivity index (χ0v) is 16.6. The fourth-order valence-corrected chi connectivity index (χ4v) is 3.14. The van der Waals surface area contributed by atoms with Gasteiger partial charge < -0.3 is 10.2 Å². The highest BCUT2D eigenvalue weighted by Crippen LogP contribution is 2.13. The highest BCUT2D eigenvalue weighted by Gasteiger charge is 2.08. The minimum absolute atomic E-state index is 0.525. The smallest absolute Gasteiger partial charge is 0.229 e. The zero-order chi connectivity index (χ0) is 19.2. The van der Waals surface area contributed by atoms with Crippen molar-refractivity contribution in [1.82, 2.24) is 10.2 Å². The molecular formula is C18H23ClN4O2S. The average molecular weight is 395 g/mol. The van der Waals surface area contributed by atoms with Gasteiger partial charge in [-0.05, 0) is 35.4 Å². The molecule has 2 aromatic carbocycles. The molecule has 0 fully saturated rings. The van der Waals surface area contributed by atoms with Crippen molar-refractivity contribution in [3.63, 3.8) is 0 Å². The number of hydrogen-bond acceptors (Lipinski definition) is 3. The molecule has 0 unspecified atom stereocenters. The predicted molar refractivity (Wildman–Crippen MR) is 108 cm³/mol. The zero-order valence-electron chi connectivity index (χ0n) is 15.0. The Balaban J connectivity index is 1.98. The number of nitrogens with one attached hydrogen (secondary N) is 2. The lowest BCUT2D eigenvalue weighted by atomic mass is 10.2. The maximum Gasteiger partial charge on any atom is 0.229 e. The maximum atomic E-state index is 11.3. The molecule has 0 spiro atoms. The van der Waals surface area contributed by atoms with Gasteiger partial charge in [0, 0.05) is 37.9 Å². The molecule has 2 rings (SSSR count). The SMILES string of the molecule is CN=C(NCc1cccc(NS(C)(=O)=O)c1)N(C)Cc1ccc(Cl)cc1. The van der Waals surface area contributed by atoms with Crippen LogP contribution in [0.15, 0.2) is 53.5 Å². The third kappa shape index (κ3) is 6.57. The summed E-state index contributed by atoms with van der Waals surface area (Å²) in [7, 11) is 0.382. The van der Waals surface area contributed by atoms with E-state index < -0.39 is 10.0 Å². The van der Waals surface area contributed by atoms with Gasteiger partial charge in [-0.15, -0.1) is 0 Å². The van der Waals surface area contributed by atoms with Crippen LogP contribution in [0.2, 0.25) is 5.02 Å². The summed E-state index contributed by atoms with van der Waals surface area (Å²) in [4.78, 5) is 6.29. The van der Waals surface area contributed by atoms with Crippen molar-refractivity contribution >= 4 is 33.3 Å². The van der Waals surface area contributed by atoms with E-state index in [1.165, 1.54) is 0 Å². The molecule has 6 nitrogen and oxygen atoms in total. The van der Waals surface area contributed by atoms with Gasteiger partial charge in [0.15, 0.2) is 5.96 Å². The Morgan fingerprint density at radius 1 is 1.15 bits per heavy atom. The van der Waals surface area contributed by atoms with E-state index >= 15 is 0 Å². The topological polar surface area (TPSA) is 73.8 Å². The number of guanidine groups is 1. The van der Waals surface area contributed by atoms with E-state index in [-0.39, 0.29) is 0 Å². The summed E-state index contributed by atoms with van der Waals surface area (Å²) in [6, 6.07) is 14.9. The van der Waals surface area contributed by atoms with Gasteiger partial charge in [-0.25, -0.2) is 8.42 Å². The van der Waals surface area contributed by atoms with Gasteiger partial charge in [0.2, 0.25) is 10.0 Å². The van der Waals surface area contributed by atoms with Gasteiger partial charge in [-0.3, -0.25) is 9.71 Å². The lowest BCUT2D eigenvalue weighted by molar-refractivity contribution is 0.476. The highest BCUT2D eigenvalue weighted by atomic mass is 35.5. The standard InChI is InChI=1S/C18H23ClN4O2S/c1-20-18(23(2)13-14-7-9-16(19)10-8-14)21-12-15-5-4-6-17(11-15)22-26(3,24)25/h4-11,22H,12-13H2,1-3H3,(H,20,21). The van der Waals surface area contributed by atoms with Crippen LogP contribution in [-0.4, -0.2) is 39.6 Å². The first kappa shape index (κ1) is 20.1. The van der Waals surface area contributed by atoms with E-state index in [4.69, 9.17) is 11.6 Å². The van der Waals surface area contributed by atoms with Crippen LogP contribution >= 0.6 is 11.6 Å². The molecule has 0 heterocycles. The summed E-state index contributed by atoms with van der Waals surface area (Å²) < 4.78 is 25.2. The van der Waals surface area contributed by atoms with Gasteiger partial charge >= 0.3 is 0 Å². The van der Waals surface area contributed by atoms with E-state index in [9.17, 15) is 8.42 Å². The van der Waals surface area contributed by atoms with Crippen LogP contribution in [0.5, 0.6) is 0 Å². The van der Waals surface area contributed by atoms with Crippen molar-refractivity contribution in [3.05, 3.63) is 64.7 Å². The molecule has 26 heavy (non-hydrogen) atoms. The Hall–Kier alpha value is -2.25. The summed E-state index contributed by atoms with van der Waals surface area (Å²) in [5, 5.41) is 3.99. The van der Waals surface area contributed by atoms with Gasteiger partial charge in [-0.2, -0.15) is 0 Å². The Morgan fingerprint density at radius 2 is 1.85 bits per heavy atom. The van der Waals surface area contributed by atoms with Crippen molar-refractivity contribution in [3.8, 4) is 0 Å². The number of anilines is 1. The van der Waals surface area contributed by atoms with Crippen LogP contribution < -0.4 is 10.0 Å². The number of nitrogens with zero attached hydrogens (tertiary/aromatic N) is 2. The fourth-order valence-electron chi connectivity index (χ4n) is 2.46. The highest BCUT2D eigenvalue weighted by molar-refractivity contribution is 7.92. The molecule has 0 atom stereocenters. The molecule has 0 saturated heterocycles. The molecule has 0 aliphatic rings. The monoisotopic (exact) mass is 394 g/mol. The molecule has 8 heteroatoms. The quantitative estimate of drug-likeness (QED) is 0.583. The molecule has 0 radical (unpaired) electrons. The average Bonchev–Trinajstić information content (AvgIpc) is 2.56. The fraction of sp³-hybridized carbons (Fsp3) is 0.278. The molecule has 140 valence electrons. The van der Waals surface area contributed by atoms with E-state index in [1.807, 2.05) is 48.3 Å². The molecular weight excluding hydrogens is 372 g/mol. The van der Waals surface area contributed by atoms with E-state index in [0.29, 0.717) is 23.8 Å². The summed E-state index contributed by atoms with van der Waals surface area (Å²) in [5.41, 5.74) is 2.61. The number of rotatable bonds is 6. The molecule has 0 aromatic heterocycles. The first-order valence-electron chi connectivity index (χ1n) is 8.00. The van der Waals surface area contributed by atoms with Gasteiger partial charge in [0.1, 0.15) is 0 Å². The number of hydrogen-bond donors (Lipinski definition) is 2. The second-order valence-electron chi connectivity index (χ2n) is 5.96. The van der Waals surface area contributed by atoms with Crippen molar-refractivity contribution in [2.24, 2.45) is 4.99 Å². The molecule has 2 aromatic rings. The van der Waals surface area contributed by atoms with Crippen molar-refractivity contribution < 1.29 is 8.42 Å². The van der Waals surface area contributed by atoms with Crippen molar-refractivity contribution in [2.45, 2.75) is 13.1 Å². The Labute approximate surface area is 159 Å². The van der Waals surface area contributed by atoms with Crippen LogP contribution in [0.1, 0.15) is 11.1 Å².